The highest BCUT2D eigenvalue weighted by Crippen LogP contribution is 2.27. The van der Waals surface area contributed by atoms with Crippen LogP contribution in [0.15, 0.2) is 85.6 Å². The number of benzene rings is 2. The molecule has 12 heteroatoms. The number of rotatable bonds is 10. The van der Waals surface area contributed by atoms with Crippen molar-refractivity contribution in [2.75, 3.05) is 69.2 Å². The summed E-state index contributed by atoms with van der Waals surface area (Å²) in [5.74, 6) is 2.65. The fourth-order valence-corrected chi connectivity index (χ4v) is 6.47. The molecule has 6 aromatic rings. The van der Waals surface area contributed by atoms with Gasteiger partial charge in [0.1, 0.15) is 42.2 Å². The molecule has 0 bridgehead atoms. The Morgan fingerprint density at radius 2 is 1.38 bits per heavy atom. The first-order valence-corrected chi connectivity index (χ1v) is 17.3. The van der Waals surface area contributed by atoms with E-state index in [2.05, 4.69) is 57.2 Å². The molecule has 5 N–H and O–H groups in total. The quantitative estimate of drug-likeness (QED) is 0.168. The highest BCUT2D eigenvalue weighted by Gasteiger charge is 2.12. The summed E-state index contributed by atoms with van der Waals surface area (Å²) in [7, 11) is 0. The lowest BCUT2D eigenvalue weighted by Crippen LogP contribution is -2.26. The van der Waals surface area contributed by atoms with E-state index < -0.39 is 0 Å². The number of ether oxygens (including phenoxy) is 1. The lowest BCUT2D eigenvalue weighted by molar-refractivity contribution is 0.238. The molecule has 0 saturated carbocycles. The summed E-state index contributed by atoms with van der Waals surface area (Å²) in [5, 5.41) is 4.30. The van der Waals surface area contributed by atoms with Crippen molar-refractivity contribution in [2.45, 2.75) is 25.7 Å². The summed E-state index contributed by atoms with van der Waals surface area (Å²) in [5.41, 5.74) is 18.1. The highest BCUT2D eigenvalue weighted by molar-refractivity contribution is 5.91. The molecule has 50 heavy (non-hydrogen) atoms. The molecule has 0 unspecified atom stereocenters. The number of nitrogens with one attached hydrogen (secondary N) is 1. The van der Waals surface area contributed by atoms with Gasteiger partial charge in [0.05, 0.1) is 16.7 Å². The minimum atomic E-state index is 0.393. The van der Waals surface area contributed by atoms with Crippen LogP contribution in [-0.4, -0.2) is 92.1 Å². The van der Waals surface area contributed by atoms with Gasteiger partial charge >= 0.3 is 0 Å². The third kappa shape index (κ3) is 8.21. The Hall–Kier alpha value is -5.46. The van der Waals surface area contributed by atoms with Gasteiger partial charge in [-0.3, -0.25) is 4.90 Å². The molecule has 0 spiro atoms. The van der Waals surface area contributed by atoms with Gasteiger partial charge in [0.2, 0.25) is 0 Å². The van der Waals surface area contributed by atoms with E-state index in [1.807, 2.05) is 60.8 Å². The number of fused-ring (bicyclic) bond motifs is 2. The lowest BCUT2D eigenvalue weighted by atomic mass is 10.0. The van der Waals surface area contributed by atoms with Crippen molar-refractivity contribution in [3.05, 3.63) is 85.6 Å². The summed E-state index contributed by atoms with van der Waals surface area (Å²) in [6.45, 7) is 8.47. The molecule has 6 heterocycles. The fourth-order valence-electron chi connectivity index (χ4n) is 6.47. The molecule has 0 aliphatic carbocycles. The van der Waals surface area contributed by atoms with E-state index in [9.17, 15) is 0 Å². The number of likely N-dealkylation sites (tertiary alicyclic amines) is 2. The van der Waals surface area contributed by atoms with Crippen molar-refractivity contribution in [3.8, 4) is 28.1 Å². The summed E-state index contributed by atoms with van der Waals surface area (Å²) in [6, 6.07) is 22.0. The SMILES string of the molecule is Nc1ncnc2ccc(-c3cccc(OCCN4CCCC4)c3)nc12.Nc1ncnc2ccc(-c3ccnc(NCCN4CCCC4)c3)cc12. The van der Waals surface area contributed by atoms with Crippen LogP contribution in [0.25, 0.3) is 44.3 Å². The van der Waals surface area contributed by atoms with Crippen LogP contribution < -0.4 is 21.5 Å². The monoisotopic (exact) mass is 669 g/mol. The van der Waals surface area contributed by atoms with Crippen molar-refractivity contribution in [3.63, 3.8) is 0 Å². The number of hydrogen-bond donors (Lipinski definition) is 3. The number of aromatic nitrogens is 6. The highest BCUT2D eigenvalue weighted by atomic mass is 16.5. The van der Waals surface area contributed by atoms with E-state index in [0.29, 0.717) is 23.8 Å². The predicted octanol–water partition coefficient (Wildman–Crippen LogP) is 5.53. The van der Waals surface area contributed by atoms with E-state index in [4.69, 9.17) is 16.2 Å². The largest absolute Gasteiger partial charge is 0.492 e. The topological polar surface area (TPSA) is 157 Å². The Bertz CT molecular complexity index is 1900. The maximum atomic E-state index is 5.98. The molecule has 256 valence electrons. The molecule has 2 aliphatic rings. The molecule has 8 rings (SSSR count). The van der Waals surface area contributed by atoms with Crippen LogP contribution in [-0.2, 0) is 0 Å². The van der Waals surface area contributed by atoms with Crippen LogP contribution in [0.3, 0.4) is 0 Å². The van der Waals surface area contributed by atoms with Crippen LogP contribution >= 0.6 is 0 Å². The van der Waals surface area contributed by atoms with E-state index >= 15 is 0 Å². The molecule has 2 saturated heterocycles. The Morgan fingerprint density at radius 1 is 0.660 bits per heavy atom. The lowest BCUT2D eigenvalue weighted by Gasteiger charge is -2.15. The number of anilines is 3. The molecule has 2 aromatic carbocycles. The average Bonchev–Trinajstić information content (AvgIpc) is 3.88. The Morgan fingerprint density at radius 3 is 2.20 bits per heavy atom. The molecule has 0 amide bonds. The molecule has 2 aliphatic heterocycles. The van der Waals surface area contributed by atoms with Crippen molar-refractivity contribution < 1.29 is 4.74 Å². The van der Waals surface area contributed by atoms with Crippen molar-refractivity contribution in [2.24, 2.45) is 0 Å². The van der Waals surface area contributed by atoms with Crippen LogP contribution in [0.4, 0.5) is 17.5 Å². The molecule has 0 radical (unpaired) electrons. The summed E-state index contributed by atoms with van der Waals surface area (Å²) < 4.78 is 5.92. The number of pyridine rings is 2. The molecular formula is C38H43N11O. The van der Waals surface area contributed by atoms with Crippen molar-refractivity contribution in [1.82, 2.24) is 39.7 Å². The van der Waals surface area contributed by atoms with Crippen molar-refractivity contribution >= 4 is 39.4 Å². The third-order valence-corrected chi connectivity index (χ3v) is 9.21. The van der Waals surface area contributed by atoms with E-state index in [1.165, 1.54) is 64.5 Å². The van der Waals surface area contributed by atoms with E-state index in [-0.39, 0.29) is 0 Å². The fraction of sp³-hybridized carbons (Fsp3) is 0.316. The summed E-state index contributed by atoms with van der Waals surface area (Å²) in [6.07, 6.45) is 10.0. The van der Waals surface area contributed by atoms with Gasteiger partial charge in [-0.15, -0.1) is 0 Å². The summed E-state index contributed by atoms with van der Waals surface area (Å²) in [4.78, 5) is 30.5. The van der Waals surface area contributed by atoms with Gasteiger partial charge in [0, 0.05) is 36.8 Å². The van der Waals surface area contributed by atoms with Gasteiger partial charge < -0.3 is 26.4 Å². The predicted molar refractivity (Wildman–Crippen MR) is 200 cm³/mol. The minimum Gasteiger partial charge on any atom is -0.492 e. The van der Waals surface area contributed by atoms with Gasteiger partial charge in [-0.05, 0) is 112 Å². The third-order valence-electron chi connectivity index (χ3n) is 9.21. The Balaban J connectivity index is 0.000000157. The zero-order chi connectivity index (χ0) is 34.1. The van der Waals surface area contributed by atoms with Gasteiger partial charge in [0.15, 0.2) is 5.82 Å². The molecule has 4 aromatic heterocycles. The second-order valence-electron chi connectivity index (χ2n) is 12.6. The van der Waals surface area contributed by atoms with E-state index in [0.717, 1.165) is 70.0 Å². The van der Waals surface area contributed by atoms with Gasteiger partial charge in [-0.1, -0.05) is 18.2 Å². The Labute approximate surface area is 292 Å². The van der Waals surface area contributed by atoms with Crippen LogP contribution in [0.2, 0.25) is 0 Å². The van der Waals surface area contributed by atoms with E-state index in [1.54, 1.807) is 0 Å². The normalized spacial score (nSPS) is 14.9. The van der Waals surface area contributed by atoms with Crippen LogP contribution in [0.1, 0.15) is 25.7 Å². The number of nitrogens with two attached hydrogens (primary N) is 2. The number of hydrogen-bond acceptors (Lipinski definition) is 12. The van der Waals surface area contributed by atoms with Crippen LogP contribution in [0.5, 0.6) is 5.75 Å². The maximum absolute atomic E-state index is 5.98. The second kappa shape index (κ2) is 15.8. The standard InChI is InChI=1S/C19H22N6.C19H21N5O/c20-19-16-11-14(3-4-17(16)23-13-24-19)15-5-6-21-18(12-15)22-7-10-25-8-1-2-9-25;20-19-18-17(21-13-22-19)7-6-16(23-18)14-4-3-5-15(12-14)25-11-10-24-8-1-2-9-24/h3-6,11-13H,1-2,7-10H2,(H,21,22)(H2,20,23,24);3-7,12-13H,1-2,8-11H2,(H2,20,21,22). The first kappa shape index (κ1) is 33.1. The summed E-state index contributed by atoms with van der Waals surface area (Å²) >= 11 is 0. The molecular weight excluding hydrogens is 626 g/mol. The molecule has 0 atom stereocenters. The van der Waals surface area contributed by atoms with Crippen molar-refractivity contribution in [1.29, 1.82) is 0 Å². The van der Waals surface area contributed by atoms with Gasteiger partial charge in [-0.25, -0.2) is 29.9 Å². The zero-order valence-electron chi connectivity index (χ0n) is 28.2. The zero-order valence-corrected chi connectivity index (χ0v) is 28.2. The first-order chi connectivity index (χ1) is 24.6. The molecule has 12 nitrogen and oxygen atoms in total. The smallest absolute Gasteiger partial charge is 0.153 e. The van der Waals surface area contributed by atoms with Crippen LogP contribution in [0, 0.1) is 0 Å². The molecule has 2 fully saturated rings. The average molecular weight is 670 g/mol. The minimum absolute atomic E-state index is 0.393. The second-order valence-corrected chi connectivity index (χ2v) is 12.6. The van der Waals surface area contributed by atoms with Gasteiger partial charge in [0.25, 0.3) is 0 Å². The number of nitrogens with zero attached hydrogens (tertiary/aromatic N) is 8. The Kier molecular flexibility index (Phi) is 10.5. The maximum Gasteiger partial charge on any atom is 0.153 e. The first-order valence-electron chi connectivity index (χ1n) is 17.3. The number of nitrogen functional groups attached to an aromatic ring is 2. The van der Waals surface area contributed by atoms with Gasteiger partial charge in [-0.2, -0.15) is 0 Å².